The highest BCUT2D eigenvalue weighted by Crippen LogP contribution is 2.22. The van der Waals surface area contributed by atoms with Crippen molar-refractivity contribution in [2.75, 3.05) is 5.32 Å². The molecule has 1 atom stereocenters. The van der Waals surface area contributed by atoms with E-state index < -0.39 is 0 Å². The van der Waals surface area contributed by atoms with Crippen molar-refractivity contribution in [1.82, 2.24) is 4.98 Å². The molecule has 3 heteroatoms. The zero-order valence-electron chi connectivity index (χ0n) is 10.5. The highest BCUT2D eigenvalue weighted by atomic mass is 32.1. The molecule has 2 rings (SSSR count). The Balaban J connectivity index is 1.95. The van der Waals surface area contributed by atoms with Gasteiger partial charge in [-0.2, -0.15) is 0 Å². The minimum Gasteiger partial charge on any atom is -0.359 e. The van der Waals surface area contributed by atoms with Crippen molar-refractivity contribution >= 4 is 16.5 Å². The Bertz CT molecular complexity index is 457. The van der Waals surface area contributed by atoms with Gasteiger partial charge >= 0.3 is 0 Å². The van der Waals surface area contributed by atoms with E-state index in [1.807, 2.05) is 0 Å². The van der Waals surface area contributed by atoms with Gasteiger partial charge in [0.25, 0.3) is 0 Å². The molecule has 2 nitrogen and oxygen atoms in total. The fraction of sp³-hybridized carbons (Fsp3) is 0.357. The smallest absolute Gasteiger partial charge is 0.183 e. The van der Waals surface area contributed by atoms with E-state index in [2.05, 4.69) is 61.4 Å². The van der Waals surface area contributed by atoms with Gasteiger partial charge in [-0.15, -0.1) is 11.3 Å². The first kappa shape index (κ1) is 12.1. The number of hydrogen-bond acceptors (Lipinski definition) is 3. The van der Waals surface area contributed by atoms with E-state index in [1.54, 1.807) is 11.3 Å². The van der Waals surface area contributed by atoms with Gasteiger partial charge < -0.3 is 5.32 Å². The number of hydrogen-bond donors (Lipinski definition) is 1. The molecule has 0 bridgehead atoms. The molecule has 1 aromatic carbocycles. The number of anilines is 1. The fourth-order valence-electron chi connectivity index (χ4n) is 1.76. The molecule has 1 N–H and O–H groups in total. The van der Waals surface area contributed by atoms with Gasteiger partial charge in [-0.25, -0.2) is 4.98 Å². The van der Waals surface area contributed by atoms with Crippen molar-refractivity contribution in [3.05, 3.63) is 46.5 Å². The second kappa shape index (κ2) is 5.32. The summed E-state index contributed by atoms with van der Waals surface area (Å²) in [5.74, 6) is 0. The van der Waals surface area contributed by atoms with Crippen molar-refractivity contribution in [1.29, 1.82) is 0 Å². The van der Waals surface area contributed by atoms with Crippen molar-refractivity contribution in [2.45, 2.75) is 33.2 Å². The maximum Gasteiger partial charge on any atom is 0.183 e. The molecule has 0 aliphatic rings. The average molecular weight is 246 g/mol. The Kier molecular flexibility index (Phi) is 3.79. The zero-order valence-corrected chi connectivity index (χ0v) is 11.3. The van der Waals surface area contributed by atoms with Gasteiger partial charge in [0.1, 0.15) is 0 Å². The number of nitrogens with zero attached hydrogens (tertiary/aromatic N) is 1. The quantitative estimate of drug-likeness (QED) is 0.887. The molecule has 0 saturated heterocycles. The number of aryl methyl sites for hydroxylation is 2. The Labute approximate surface area is 107 Å². The topological polar surface area (TPSA) is 24.9 Å². The van der Waals surface area contributed by atoms with Crippen LogP contribution in [-0.4, -0.2) is 11.0 Å². The minimum absolute atomic E-state index is 0.405. The number of nitrogens with one attached hydrogen (secondary N) is 1. The molecular formula is C14H18N2S. The van der Waals surface area contributed by atoms with Crippen molar-refractivity contribution in [3.8, 4) is 0 Å². The maximum atomic E-state index is 4.50. The summed E-state index contributed by atoms with van der Waals surface area (Å²) in [6, 6.07) is 10.9. The number of thiazole rings is 1. The van der Waals surface area contributed by atoms with E-state index in [0.717, 1.165) is 17.2 Å². The molecule has 0 aliphatic heterocycles. The molecule has 0 saturated carbocycles. The lowest BCUT2D eigenvalue weighted by Crippen LogP contribution is -2.17. The average Bonchev–Trinajstić information content (AvgIpc) is 2.59. The molecule has 1 unspecified atom stereocenters. The van der Waals surface area contributed by atoms with E-state index in [9.17, 15) is 0 Å². The Hall–Kier alpha value is -1.35. The van der Waals surface area contributed by atoms with Crippen LogP contribution in [0.1, 0.15) is 23.1 Å². The Morgan fingerprint density at radius 2 is 1.94 bits per heavy atom. The summed E-state index contributed by atoms with van der Waals surface area (Å²) < 4.78 is 0. The molecule has 17 heavy (non-hydrogen) atoms. The third-order valence-corrected chi connectivity index (χ3v) is 3.79. The van der Waals surface area contributed by atoms with Crippen molar-refractivity contribution in [3.63, 3.8) is 0 Å². The van der Waals surface area contributed by atoms with E-state index in [4.69, 9.17) is 0 Å². The number of aromatic nitrogens is 1. The molecule has 1 heterocycles. The molecule has 0 amide bonds. The normalized spacial score (nSPS) is 12.4. The standard InChI is InChI=1S/C14H18N2S/c1-10(9-13-7-5-4-6-8-13)15-14-16-11(2)12(3)17-14/h4-8,10H,9H2,1-3H3,(H,15,16). The van der Waals surface area contributed by atoms with Crippen LogP contribution in [0.3, 0.4) is 0 Å². The predicted molar refractivity (Wildman–Crippen MR) is 74.8 cm³/mol. The number of benzene rings is 1. The van der Waals surface area contributed by atoms with Crippen LogP contribution in [0.4, 0.5) is 5.13 Å². The van der Waals surface area contributed by atoms with Crippen LogP contribution in [0, 0.1) is 13.8 Å². The largest absolute Gasteiger partial charge is 0.359 e. The summed E-state index contributed by atoms with van der Waals surface area (Å²) in [5, 5.41) is 4.49. The van der Waals surface area contributed by atoms with Gasteiger partial charge in [-0.05, 0) is 32.8 Å². The first-order chi connectivity index (χ1) is 8.15. The fourth-order valence-corrected chi connectivity index (χ4v) is 2.69. The van der Waals surface area contributed by atoms with Gasteiger partial charge in [0.15, 0.2) is 5.13 Å². The third kappa shape index (κ3) is 3.30. The zero-order chi connectivity index (χ0) is 12.3. The summed E-state index contributed by atoms with van der Waals surface area (Å²) in [5.41, 5.74) is 2.49. The van der Waals surface area contributed by atoms with Crippen LogP contribution in [0.5, 0.6) is 0 Å². The van der Waals surface area contributed by atoms with Crippen molar-refractivity contribution in [2.24, 2.45) is 0 Å². The molecule has 1 aromatic heterocycles. The van der Waals surface area contributed by atoms with Crippen LogP contribution in [0.15, 0.2) is 30.3 Å². The first-order valence-corrected chi connectivity index (χ1v) is 6.71. The number of rotatable bonds is 4. The summed E-state index contributed by atoms with van der Waals surface area (Å²) in [7, 11) is 0. The maximum absolute atomic E-state index is 4.50. The molecule has 0 fully saturated rings. The third-order valence-electron chi connectivity index (χ3n) is 2.78. The second-order valence-electron chi connectivity index (χ2n) is 4.40. The van der Waals surface area contributed by atoms with Gasteiger partial charge in [-0.3, -0.25) is 0 Å². The molecular weight excluding hydrogens is 228 g/mol. The van der Waals surface area contributed by atoms with Crippen LogP contribution in [-0.2, 0) is 6.42 Å². The Morgan fingerprint density at radius 1 is 1.24 bits per heavy atom. The van der Waals surface area contributed by atoms with Crippen LogP contribution in [0.25, 0.3) is 0 Å². The van der Waals surface area contributed by atoms with Gasteiger partial charge in [0.2, 0.25) is 0 Å². The minimum atomic E-state index is 0.405. The van der Waals surface area contributed by atoms with E-state index >= 15 is 0 Å². The SMILES string of the molecule is Cc1nc(NC(C)Cc2ccccc2)sc1C. The van der Waals surface area contributed by atoms with Crippen LogP contribution < -0.4 is 5.32 Å². The summed E-state index contributed by atoms with van der Waals surface area (Å²) in [4.78, 5) is 5.79. The first-order valence-electron chi connectivity index (χ1n) is 5.89. The van der Waals surface area contributed by atoms with E-state index in [1.165, 1.54) is 10.4 Å². The summed E-state index contributed by atoms with van der Waals surface area (Å²) in [6.45, 7) is 6.36. The molecule has 0 aliphatic carbocycles. The van der Waals surface area contributed by atoms with E-state index in [-0.39, 0.29) is 0 Å². The predicted octanol–water partition coefficient (Wildman–Crippen LogP) is 3.80. The lowest BCUT2D eigenvalue weighted by Gasteiger charge is -2.12. The molecule has 0 radical (unpaired) electrons. The second-order valence-corrected chi connectivity index (χ2v) is 5.60. The van der Waals surface area contributed by atoms with E-state index in [0.29, 0.717) is 6.04 Å². The van der Waals surface area contributed by atoms with Crippen LogP contribution in [0.2, 0.25) is 0 Å². The van der Waals surface area contributed by atoms with Gasteiger partial charge in [-0.1, -0.05) is 30.3 Å². The van der Waals surface area contributed by atoms with Gasteiger partial charge in [0, 0.05) is 10.9 Å². The lowest BCUT2D eigenvalue weighted by molar-refractivity contribution is 0.788. The highest BCUT2D eigenvalue weighted by molar-refractivity contribution is 7.15. The van der Waals surface area contributed by atoms with Gasteiger partial charge in [0.05, 0.1) is 5.69 Å². The molecule has 2 aromatic rings. The summed E-state index contributed by atoms with van der Waals surface area (Å²) >= 11 is 1.73. The Morgan fingerprint density at radius 3 is 2.53 bits per heavy atom. The summed E-state index contributed by atoms with van der Waals surface area (Å²) in [6.07, 6.45) is 1.03. The monoisotopic (exact) mass is 246 g/mol. The van der Waals surface area contributed by atoms with Crippen LogP contribution >= 0.6 is 11.3 Å². The highest BCUT2D eigenvalue weighted by Gasteiger charge is 2.07. The lowest BCUT2D eigenvalue weighted by atomic mass is 10.1. The molecule has 0 spiro atoms. The van der Waals surface area contributed by atoms with Crippen molar-refractivity contribution < 1.29 is 0 Å². The molecule has 90 valence electrons.